The Hall–Kier alpha value is -3.35. The monoisotopic (exact) mass is 371 g/mol. The lowest BCUT2D eigenvalue weighted by atomic mass is 10.1. The van der Waals surface area contributed by atoms with Crippen molar-refractivity contribution in [2.45, 2.75) is 12.7 Å². The van der Waals surface area contributed by atoms with Crippen LogP contribution in [0.5, 0.6) is 0 Å². The maximum Gasteiger partial charge on any atom is 0.418 e. The van der Waals surface area contributed by atoms with E-state index in [1.54, 1.807) is 0 Å². The lowest BCUT2D eigenvalue weighted by Gasteiger charge is -2.14. The van der Waals surface area contributed by atoms with Crippen LogP contribution < -0.4 is 10.6 Å². The Morgan fingerprint density at radius 1 is 0.963 bits per heavy atom. The number of nitrogens with zero attached hydrogens (tertiary/aromatic N) is 1. The Morgan fingerprint density at radius 3 is 2.41 bits per heavy atom. The van der Waals surface area contributed by atoms with Crippen LogP contribution in [0.4, 0.5) is 24.7 Å². The van der Waals surface area contributed by atoms with E-state index in [4.69, 9.17) is 0 Å². The SMILES string of the molecule is O=C(Nc1ccccc1C(F)(F)F)c1ccnc(NCc2ccccc2)c1. The van der Waals surface area contributed by atoms with Gasteiger partial charge in [0.25, 0.3) is 5.91 Å². The maximum absolute atomic E-state index is 13.1. The molecular formula is C20H16F3N3O. The number of anilines is 2. The molecule has 2 aromatic carbocycles. The number of carbonyl (C=O) groups is 1. The van der Waals surface area contributed by atoms with Crippen molar-refractivity contribution < 1.29 is 18.0 Å². The van der Waals surface area contributed by atoms with Crippen LogP contribution >= 0.6 is 0 Å². The van der Waals surface area contributed by atoms with Crippen LogP contribution in [-0.4, -0.2) is 10.9 Å². The van der Waals surface area contributed by atoms with E-state index < -0.39 is 17.6 Å². The molecule has 3 aromatic rings. The van der Waals surface area contributed by atoms with Gasteiger partial charge in [-0.05, 0) is 29.8 Å². The fraction of sp³-hybridized carbons (Fsp3) is 0.100. The second kappa shape index (κ2) is 7.90. The van der Waals surface area contributed by atoms with Crippen LogP contribution in [0.2, 0.25) is 0 Å². The van der Waals surface area contributed by atoms with Gasteiger partial charge in [-0.15, -0.1) is 0 Å². The van der Waals surface area contributed by atoms with Gasteiger partial charge in [0, 0.05) is 18.3 Å². The molecule has 1 aromatic heterocycles. The van der Waals surface area contributed by atoms with Gasteiger partial charge in [-0.3, -0.25) is 4.79 Å². The molecule has 1 heterocycles. The van der Waals surface area contributed by atoms with Gasteiger partial charge in [0.15, 0.2) is 0 Å². The first kappa shape index (κ1) is 18.4. The van der Waals surface area contributed by atoms with Crippen molar-refractivity contribution in [1.82, 2.24) is 4.98 Å². The normalized spacial score (nSPS) is 11.1. The van der Waals surface area contributed by atoms with Gasteiger partial charge in [-0.25, -0.2) is 4.98 Å². The van der Waals surface area contributed by atoms with Crippen molar-refractivity contribution in [1.29, 1.82) is 0 Å². The Bertz CT molecular complexity index is 927. The molecule has 0 aliphatic carbocycles. The molecule has 0 aliphatic heterocycles. The number of halogens is 3. The van der Waals surface area contributed by atoms with Crippen molar-refractivity contribution in [3.63, 3.8) is 0 Å². The van der Waals surface area contributed by atoms with Crippen molar-refractivity contribution in [3.05, 3.63) is 89.6 Å². The quantitative estimate of drug-likeness (QED) is 0.666. The number of para-hydroxylation sites is 1. The molecule has 0 aliphatic rings. The molecule has 0 saturated carbocycles. The zero-order valence-electron chi connectivity index (χ0n) is 14.1. The number of alkyl halides is 3. The Morgan fingerprint density at radius 2 is 1.67 bits per heavy atom. The number of amides is 1. The second-order valence-corrected chi connectivity index (χ2v) is 5.77. The van der Waals surface area contributed by atoms with Crippen LogP contribution in [0.15, 0.2) is 72.9 Å². The van der Waals surface area contributed by atoms with E-state index in [-0.39, 0.29) is 11.3 Å². The third-order valence-corrected chi connectivity index (χ3v) is 3.82. The van der Waals surface area contributed by atoms with E-state index in [9.17, 15) is 18.0 Å². The number of nitrogens with one attached hydrogen (secondary N) is 2. The summed E-state index contributed by atoms with van der Waals surface area (Å²) in [6.45, 7) is 0.510. The first-order valence-electron chi connectivity index (χ1n) is 8.15. The molecule has 0 saturated heterocycles. The second-order valence-electron chi connectivity index (χ2n) is 5.77. The number of benzene rings is 2. The summed E-state index contributed by atoms with van der Waals surface area (Å²) in [7, 11) is 0. The minimum Gasteiger partial charge on any atom is -0.366 e. The summed E-state index contributed by atoms with van der Waals surface area (Å²) >= 11 is 0. The molecule has 0 bridgehead atoms. The summed E-state index contributed by atoms with van der Waals surface area (Å²) in [5, 5.41) is 5.40. The molecule has 2 N–H and O–H groups in total. The lowest BCUT2D eigenvalue weighted by Crippen LogP contribution is -2.17. The van der Waals surface area contributed by atoms with Crippen LogP contribution in [-0.2, 0) is 12.7 Å². The number of pyridine rings is 1. The zero-order valence-corrected chi connectivity index (χ0v) is 14.1. The highest BCUT2D eigenvalue weighted by atomic mass is 19.4. The van der Waals surface area contributed by atoms with Gasteiger partial charge in [0.05, 0.1) is 11.3 Å². The highest BCUT2D eigenvalue weighted by Gasteiger charge is 2.33. The summed E-state index contributed by atoms with van der Waals surface area (Å²) in [4.78, 5) is 16.5. The molecule has 0 radical (unpaired) electrons. The first-order valence-corrected chi connectivity index (χ1v) is 8.15. The molecule has 3 rings (SSSR count). The van der Waals surface area contributed by atoms with Gasteiger partial charge >= 0.3 is 6.18 Å². The Balaban J connectivity index is 1.73. The van der Waals surface area contributed by atoms with E-state index in [0.717, 1.165) is 11.6 Å². The minimum atomic E-state index is -4.55. The summed E-state index contributed by atoms with van der Waals surface area (Å²) in [5.41, 5.74) is 0.0613. The van der Waals surface area contributed by atoms with E-state index in [2.05, 4.69) is 15.6 Å². The molecule has 0 atom stereocenters. The van der Waals surface area contributed by atoms with Crippen molar-refractivity contribution in [2.24, 2.45) is 0 Å². The van der Waals surface area contributed by atoms with E-state index in [0.29, 0.717) is 12.4 Å². The number of rotatable bonds is 5. The minimum absolute atomic E-state index is 0.206. The summed E-state index contributed by atoms with van der Waals surface area (Å²) in [6.07, 6.45) is -3.12. The molecule has 138 valence electrons. The van der Waals surface area contributed by atoms with Crippen molar-refractivity contribution >= 4 is 17.4 Å². The number of hydrogen-bond donors (Lipinski definition) is 2. The van der Waals surface area contributed by atoms with Gasteiger partial charge < -0.3 is 10.6 Å². The van der Waals surface area contributed by atoms with Gasteiger partial charge in [0.2, 0.25) is 0 Å². The molecule has 7 heteroatoms. The van der Waals surface area contributed by atoms with E-state index in [1.165, 1.54) is 36.5 Å². The predicted octanol–water partition coefficient (Wildman–Crippen LogP) is 4.96. The van der Waals surface area contributed by atoms with Crippen molar-refractivity contribution in [3.8, 4) is 0 Å². The fourth-order valence-corrected chi connectivity index (χ4v) is 2.49. The lowest BCUT2D eigenvalue weighted by molar-refractivity contribution is -0.136. The molecule has 1 amide bonds. The number of aromatic nitrogens is 1. The molecular weight excluding hydrogens is 355 g/mol. The standard InChI is InChI=1S/C20H16F3N3O/c21-20(22,23)16-8-4-5-9-17(16)26-19(27)15-10-11-24-18(12-15)25-13-14-6-2-1-3-7-14/h1-12H,13H2,(H,24,25)(H,26,27). The first-order chi connectivity index (χ1) is 12.9. The summed E-state index contributed by atoms with van der Waals surface area (Å²) in [5.74, 6) is -0.188. The van der Waals surface area contributed by atoms with Gasteiger partial charge in [-0.1, -0.05) is 42.5 Å². The number of carbonyl (C=O) groups excluding carboxylic acids is 1. The van der Waals surface area contributed by atoms with Crippen molar-refractivity contribution in [2.75, 3.05) is 10.6 Å². The molecule has 0 fully saturated rings. The summed E-state index contributed by atoms with van der Waals surface area (Å²) in [6, 6.07) is 17.4. The molecule has 27 heavy (non-hydrogen) atoms. The van der Waals surface area contributed by atoms with Crippen LogP contribution in [0, 0.1) is 0 Å². The average Bonchev–Trinajstić information content (AvgIpc) is 2.67. The Labute approximate surface area is 154 Å². The average molecular weight is 371 g/mol. The molecule has 0 unspecified atom stereocenters. The highest BCUT2D eigenvalue weighted by Crippen LogP contribution is 2.34. The van der Waals surface area contributed by atoms with Gasteiger partial charge in [0.1, 0.15) is 5.82 Å². The smallest absolute Gasteiger partial charge is 0.366 e. The Kier molecular flexibility index (Phi) is 5.40. The third kappa shape index (κ3) is 4.84. The largest absolute Gasteiger partial charge is 0.418 e. The van der Waals surface area contributed by atoms with Crippen LogP contribution in [0.1, 0.15) is 21.5 Å². The summed E-state index contributed by atoms with van der Waals surface area (Å²) < 4.78 is 39.2. The zero-order chi connectivity index (χ0) is 19.3. The molecule has 4 nitrogen and oxygen atoms in total. The topological polar surface area (TPSA) is 54.0 Å². The maximum atomic E-state index is 13.1. The third-order valence-electron chi connectivity index (χ3n) is 3.82. The highest BCUT2D eigenvalue weighted by molar-refractivity contribution is 6.05. The van der Waals surface area contributed by atoms with Crippen LogP contribution in [0.25, 0.3) is 0 Å². The van der Waals surface area contributed by atoms with Crippen LogP contribution in [0.3, 0.4) is 0 Å². The van der Waals surface area contributed by atoms with Gasteiger partial charge in [-0.2, -0.15) is 13.2 Å². The molecule has 0 spiro atoms. The van der Waals surface area contributed by atoms with E-state index in [1.807, 2.05) is 30.3 Å². The fourth-order valence-electron chi connectivity index (χ4n) is 2.49. The van der Waals surface area contributed by atoms with E-state index >= 15 is 0 Å². The number of hydrogen-bond acceptors (Lipinski definition) is 3. The predicted molar refractivity (Wildman–Crippen MR) is 97.4 cm³/mol.